The number of hydrogen-bond donors (Lipinski definition) is 4. The fourth-order valence-corrected chi connectivity index (χ4v) is 23.9. The number of nitrogens with zero attached hydrogens (tertiary/aromatic N) is 1. The highest BCUT2D eigenvalue weighted by molar-refractivity contribution is 14.1. The maximum atomic E-state index is 12.5. The normalized spacial score (nSPS) is 14.5. The summed E-state index contributed by atoms with van der Waals surface area (Å²) in [6, 6.07) is 114. The number of thiophene rings is 1. The lowest BCUT2D eigenvalue weighted by atomic mass is 9.61. The van der Waals surface area contributed by atoms with E-state index in [1.165, 1.54) is 53.7 Å². The standard InChI is InChI=1S/C30H20N2S.C29H19ClO.C29H17Cl.C16H10BrCl.C13H8O.C10H6ClI.C6H6BBrO2/c1-2-9-21(10-3-1)32-26-14-6-4-11-22(26)24-19-20(17-18-27(24)32)31-25-13-8-16-29-30(25)23-12-5-7-15-28(23)33-29;30-28-18-8-13-20-19(12-7-14-24(20)28)21-9-1-4-15-25(21)29(31)26-16-5-2-10-22(26)23-11-3-6-17-27(23)29;30-27-17-16-26-28-21(11-7-12-22(27)28)20-10-3-6-15-25(20)29(26)23-13-4-1-8-18(23)19-9-2-5-14-24(19)29;17-15-9-2-1-5-13(15)11-6-3-8-14-12(11)7-4-10-16(14)18;14-13-11-7-3-1-5-9(11)10-6-2-4-8-12(10)13;11-9-5-1-4-8-7(9)3-2-6-10(8)12;8-6-4-2-1-3-5(6)7(9)10/h1-19,31H;1-18,31H;1-17H;1-10H;1-8H;1-6H;1-4,9-10H/i;7D,8D,12D,14D,18D;7D,11D,12D,16D,17D;3D,4D,6D,7D,8D,10D;;1D,2D,3D,4D,5D,6D;. The third-order valence-electron chi connectivity index (χ3n) is 26.8. The molecule has 0 atom stereocenters. The van der Waals surface area contributed by atoms with Crippen LogP contribution in [0.5, 0.6) is 0 Å². The fourth-order valence-electron chi connectivity index (χ4n) is 20.5. The number of para-hydroxylation sites is 2. The lowest BCUT2D eigenvalue weighted by Crippen LogP contribution is -2.31. The molecule has 2 heterocycles. The van der Waals surface area contributed by atoms with Crippen molar-refractivity contribution in [1.82, 2.24) is 4.57 Å². The average molecular weight is 2270 g/mol. The number of anilines is 2. The molecule has 0 amide bonds. The zero-order valence-corrected chi connectivity index (χ0v) is 86.6. The van der Waals surface area contributed by atoms with Crippen molar-refractivity contribution in [2.24, 2.45) is 0 Å². The number of halogens is 7. The lowest BCUT2D eigenvalue weighted by molar-refractivity contribution is 0.104. The third kappa shape index (κ3) is 17.5. The van der Waals surface area contributed by atoms with E-state index >= 15 is 0 Å². The first-order valence-electron chi connectivity index (χ1n) is 57.8. The topological polar surface area (TPSA) is 94.7 Å². The molecule has 710 valence electrons. The first-order chi connectivity index (χ1) is 81.7. The van der Waals surface area contributed by atoms with Crippen LogP contribution in [0.1, 0.15) is 85.0 Å². The van der Waals surface area contributed by atoms with Crippen molar-refractivity contribution in [2.75, 3.05) is 5.32 Å². The van der Waals surface area contributed by atoms with Crippen LogP contribution in [-0.4, -0.2) is 32.6 Å². The Morgan fingerprint density at radius 3 is 1.30 bits per heavy atom. The van der Waals surface area contributed by atoms with Gasteiger partial charge >= 0.3 is 7.12 Å². The van der Waals surface area contributed by atoms with Crippen molar-refractivity contribution in [3.05, 3.63) is 580 Å². The summed E-state index contributed by atoms with van der Waals surface area (Å²) in [6.45, 7) is 0. The number of benzene rings is 23. The molecule has 148 heavy (non-hydrogen) atoms. The summed E-state index contributed by atoms with van der Waals surface area (Å²) in [4.78, 5) is 11.9. The van der Waals surface area contributed by atoms with Gasteiger partial charge in [-0.25, -0.2) is 0 Å². The summed E-state index contributed by atoms with van der Waals surface area (Å²) >= 11 is 35.4. The van der Waals surface area contributed by atoms with Crippen LogP contribution in [0.2, 0.25) is 20.1 Å². The molecule has 23 aromatic carbocycles. The van der Waals surface area contributed by atoms with Crippen LogP contribution in [0.15, 0.2) is 506 Å². The van der Waals surface area contributed by atoms with Gasteiger partial charge in [-0.05, 0) is 236 Å². The molecule has 0 saturated carbocycles. The molecule has 0 unspecified atom stereocenters. The van der Waals surface area contributed by atoms with Crippen molar-refractivity contribution in [3.63, 3.8) is 0 Å². The second-order valence-corrected chi connectivity index (χ2v) is 40.3. The second kappa shape index (κ2) is 41.6. The van der Waals surface area contributed by atoms with Crippen molar-refractivity contribution >= 4 is 227 Å². The zero-order valence-electron chi connectivity index (χ0n) is 99.5. The molecule has 4 N–H and O–H groups in total. The minimum atomic E-state index is -1.53. The number of rotatable bonds is 7. The van der Waals surface area contributed by atoms with Gasteiger partial charge in [0.1, 0.15) is 5.60 Å². The van der Waals surface area contributed by atoms with Crippen LogP contribution in [0.4, 0.5) is 11.4 Å². The van der Waals surface area contributed by atoms with Gasteiger partial charge in [0.15, 0.2) is 5.78 Å². The largest absolute Gasteiger partial charge is 0.489 e. The van der Waals surface area contributed by atoms with Crippen LogP contribution in [0.3, 0.4) is 0 Å². The van der Waals surface area contributed by atoms with Gasteiger partial charge in [-0.2, -0.15) is 0 Å². The number of ketones is 1. The zero-order chi connectivity index (χ0) is 120. The number of aromatic nitrogens is 1. The van der Waals surface area contributed by atoms with E-state index in [9.17, 15) is 11.3 Å². The Hall–Kier alpha value is -14.6. The van der Waals surface area contributed by atoms with Crippen molar-refractivity contribution in [1.29, 1.82) is 0 Å². The summed E-state index contributed by atoms with van der Waals surface area (Å²) in [6.07, 6.45) is 0. The van der Waals surface area contributed by atoms with E-state index < -0.39 is 18.1 Å². The second-order valence-electron chi connectivity index (χ2n) is 34.9. The van der Waals surface area contributed by atoms with Gasteiger partial charge in [-0.15, -0.1) is 11.3 Å². The maximum absolute atomic E-state index is 12.5. The molecule has 6 nitrogen and oxygen atoms in total. The number of carbonyl (C=O) groups is 1. The van der Waals surface area contributed by atoms with E-state index in [1.54, 1.807) is 83.3 Å². The van der Waals surface area contributed by atoms with Gasteiger partial charge < -0.3 is 25.0 Å². The highest BCUT2D eigenvalue weighted by atomic mass is 127. The van der Waals surface area contributed by atoms with E-state index in [0.29, 0.717) is 73.3 Å². The van der Waals surface area contributed by atoms with E-state index in [-0.39, 0.29) is 197 Å². The number of aliphatic hydroxyl groups is 1. The fraction of sp³-hybridized carbons (Fsp3) is 0.0150. The van der Waals surface area contributed by atoms with Gasteiger partial charge in [0.25, 0.3) is 0 Å². The molecule has 0 fully saturated rings. The molecule has 4 aliphatic rings. The summed E-state index contributed by atoms with van der Waals surface area (Å²) in [5.74, 6) is 0.149. The van der Waals surface area contributed by atoms with Crippen LogP contribution >= 0.6 is 112 Å². The Bertz CT molecular complexity index is 10700. The Labute approximate surface area is 942 Å². The molecular formula is C133H86BBr2Cl4IN2O4S. The SMILES string of the molecule is O=C1c2ccccc2-c2ccccc21.OB(O)c1ccccc1Br.[2H]c1c([2H])c(-c2ccccc2Br)c2c([2H])c([2H])c([2H])c(Cl)c2c1[2H].[2H]c1c([2H])c(I)c2c([2H])c([2H])c([2H])c(Cl)c2c1[2H].[2H]c1c([2H])c2c3c(c([2H])c([2H])c(Cl)c3c1[2H])C1(c3ccccc3-c3ccccc31)c1ccccc1-2.[2H]c1cc2c(-c3ccccc3C3(O)c4ccccc4-c4ccccc43)c([2H])c([2H])c([2H])c2c(Cl)c1[2H].c1ccc(-n2c3ccccc3c3cc(Nc4cccc5sc6ccccc6c45)ccc32)cc1. The molecule has 2 aromatic heterocycles. The molecule has 25 aromatic rings. The number of carbonyl (C=O) groups excluding carboxylic acids is 1. The van der Waals surface area contributed by atoms with Crippen LogP contribution in [0.25, 0.3) is 158 Å². The minimum absolute atomic E-state index is 0.0115. The molecule has 0 radical (unpaired) electrons. The van der Waals surface area contributed by atoms with Crippen LogP contribution < -0.4 is 10.8 Å². The smallest absolute Gasteiger partial charge is 0.423 e. The number of fused-ring (bicyclic) bond motifs is 24. The molecule has 1 spiro atoms. The Kier molecular flexibility index (Phi) is 20.9. The Morgan fingerprint density at radius 1 is 0.304 bits per heavy atom. The summed E-state index contributed by atoms with van der Waals surface area (Å²) < 4.78 is 188. The summed E-state index contributed by atoms with van der Waals surface area (Å²) in [5, 5.41) is 40.3. The Morgan fingerprint density at radius 2 is 0.716 bits per heavy atom. The molecule has 15 heteroatoms. The Balaban J connectivity index is 0.000000109. The number of hydrogen-bond acceptors (Lipinski definition) is 6. The van der Waals surface area contributed by atoms with E-state index in [2.05, 4.69) is 181 Å². The summed E-state index contributed by atoms with van der Waals surface area (Å²) in [5.41, 5.74) is 20.0. The van der Waals surface area contributed by atoms with Gasteiger partial charge in [-0.3, -0.25) is 4.79 Å². The van der Waals surface area contributed by atoms with Crippen molar-refractivity contribution in [3.8, 4) is 72.4 Å². The van der Waals surface area contributed by atoms with Crippen LogP contribution in [-0.2, 0) is 11.0 Å². The molecule has 0 saturated heterocycles. The lowest BCUT2D eigenvalue weighted by Gasteiger charge is -2.40. The predicted molar refractivity (Wildman–Crippen MR) is 640 cm³/mol. The monoisotopic (exact) mass is 2260 g/mol. The molecule has 0 aliphatic heterocycles. The highest BCUT2D eigenvalue weighted by Crippen LogP contribution is 2.63. The van der Waals surface area contributed by atoms with E-state index in [4.69, 9.17) is 85.2 Å². The maximum Gasteiger partial charge on any atom is 0.489 e. The minimum Gasteiger partial charge on any atom is -0.423 e. The number of nitrogens with one attached hydrogen (secondary N) is 1. The average Bonchev–Trinajstić information content (AvgIpc) is 1.47. The quantitative estimate of drug-likeness (QED) is 0.0942. The predicted octanol–water partition coefficient (Wildman–Crippen LogP) is 37.2. The van der Waals surface area contributed by atoms with Gasteiger partial charge in [-0.1, -0.05) is 478 Å². The summed E-state index contributed by atoms with van der Waals surface area (Å²) in [7, 11) is -1.39. The van der Waals surface area contributed by atoms with Gasteiger partial charge in [0, 0.05) is 130 Å². The van der Waals surface area contributed by atoms with Crippen molar-refractivity contribution < 1.29 is 50.1 Å². The van der Waals surface area contributed by atoms with E-state index in [0.717, 1.165) is 78.1 Å². The first kappa shape index (κ1) is 74.3. The van der Waals surface area contributed by atoms with Crippen LogP contribution in [0, 0.1) is 3.57 Å². The van der Waals surface area contributed by atoms with E-state index in [1.807, 2.05) is 169 Å². The molecule has 4 aliphatic carbocycles. The molecular weight excluding hydrogens is 2160 g/mol. The highest BCUT2D eigenvalue weighted by Gasteiger charge is 2.50. The van der Waals surface area contributed by atoms with Gasteiger partial charge in [0.2, 0.25) is 0 Å². The van der Waals surface area contributed by atoms with Crippen molar-refractivity contribution in [2.45, 2.75) is 11.0 Å². The molecule has 29 rings (SSSR count). The molecule has 0 bridgehead atoms. The third-order valence-corrected chi connectivity index (χ3v) is 31.3. The van der Waals surface area contributed by atoms with Gasteiger partial charge in [0.05, 0.1) is 46.6 Å². The first-order valence-corrected chi connectivity index (χ1v) is 51.8.